The Bertz CT molecular complexity index is 527. The van der Waals surface area contributed by atoms with Gasteiger partial charge >= 0.3 is 0 Å². The third kappa shape index (κ3) is 4.23. The van der Waals surface area contributed by atoms with Gasteiger partial charge in [0.25, 0.3) is 0 Å². The molecule has 0 spiro atoms. The lowest BCUT2D eigenvalue weighted by Crippen LogP contribution is -2.44. The molecule has 0 aliphatic heterocycles. The van der Waals surface area contributed by atoms with E-state index in [-0.39, 0.29) is 23.6 Å². The Morgan fingerprint density at radius 1 is 1.33 bits per heavy atom. The molecule has 0 saturated heterocycles. The molecule has 1 N–H and O–H groups in total. The van der Waals surface area contributed by atoms with Crippen LogP contribution in [0.25, 0.3) is 0 Å². The Morgan fingerprint density at radius 3 is 2.29 bits per heavy atom. The molecule has 0 heterocycles. The van der Waals surface area contributed by atoms with Crippen molar-refractivity contribution in [1.29, 1.82) is 5.26 Å². The molecule has 0 bridgehead atoms. The van der Waals surface area contributed by atoms with Crippen LogP contribution in [0.5, 0.6) is 0 Å². The minimum absolute atomic E-state index is 0.0685. The topological polar surface area (TPSA) is 56.1 Å². The lowest BCUT2D eigenvalue weighted by Gasteiger charge is -2.23. The standard InChI is InChI=1S/C15H19F2N3O/c1-4-20(5-2)15(21)10(3)19-9-12-13(16)6-11(8-18)7-14(12)17/h6-7,10,19H,4-5,9H2,1-3H3. The van der Waals surface area contributed by atoms with E-state index in [2.05, 4.69) is 5.32 Å². The van der Waals surface area contributed by atoms with Crippen molar-refractivity contribution in [2.45, 2.75) is 33.4 Å². The Morgan fingerprint density at radius 2 is 1.86 bits per heavy atom. The molecule has 0 fully saturated rings. The van der Waals surface area contributed by atoms with Crippen LogP contribution in [0.4, 0.5) is 8.78 Å². The van der Waals surface area contributed by atoms with Gasteiger partial charge in [-0.3, -0.25) is 4.79 Å². The van der Waals surface area contributed by atoms with Crippen molar-refractivity contribution in [3.63, 3.8) is 0 Å². The van der Waals surface area contributed by atoms with Crippen molar-refractivity contribution in [3.05, 3.63) is 34.9 Å². The molecule has 6 heteroatoms. The Hall–Kier alpha value is -2.00. The minimum atomic E-state index is -0.790. The van der Waals surface area contributed by atoms with Gasteiger partial charge in [-0.15, -0.1) is 0 Å². The molecule has 0 radical (unpaired) electrons. The van der Waals surface area contributed by atoms with Gasteiger partial charge in [0.1, 0.15) is 11.6 Å². The number of hydrogen-bond donors (Lipinski definition) is 1. The molecule has 1 aromatic carbocycles. The summed E-state index contributed by atoms with van der Waals surface area (Å²) < 4.78 is 27.4. The first-order valence-corrected chi connectivity index (χ1v) is 6.84. The number of hydrogen-bond acceptors (Lipinski definition) is 3. The fourth-order valence-corrected chi connectivity index (χ4v) is 1.99. The maximum absolute atomic E-state index is 13.7. The van der Waals surface area contributed by atoms with E-state index in [1.165, 1.54) is 0 Å². The number of amides is 1. The number of likely N-dealkylation sites (N-methyl/N-ethyl adjacent to an activating group) is 1. The van der Waals surface area contributed by atoms with E-state index in [1.807, 2.05) is 13.8 Å². The summed E-state index contributed by atoms with van der Waals surface area (Å²) in [5.41, 5.74) is -0.241. The largest absolute Gasteiger partial charge is 0.342 e. The van der Waals surface area contributed by atoms with Crippen LogP contribution in [0.15, 0.2) is 12.1 Å². The summed E-state index contributed by atoms with van der Waals surface area (Å²) >= 11 is 0. The van der Waals surface area contributed by atoms with Crippen LogP contribution in [0.1, 0.15) is 31.9 Å². The Labute approximate surface area is 123 Å². The van der Waals surface area contributed by atoms with Gasteiger partial charge in [-0.05, 0) is 32.9 Å². The summed E-state index contributed by atoms with van der Waals surface area (Å²) in [6, 6.07) is 3.11. The second-order valence-electron chi connectivity index (χ2n) is 4.64. The maximum Gasteiger partial charge on any atom is 0.239 e. The average molecular weight is 295 g/mol. The van der Waals surface area contributed by atoms with Gasteiger partial charge < -0.3 is 10.2 Å². The number of carbonyl (C=O) groups is 1. The zero-order chi connectivity index (χ0) is 16.0. The van der Waals surface area contributed by atoms with Gasteiger partial charge in [-0.2, -0.15) is 5.26 Å². The molecule has 0 aliphatic rings. The smallest absolute Gasteiger partial charge is 0.239 e. The van der Waals surface area contributed by atoms with Crippen LogP contribution < -0.4 is 5.32 Å². The summed E-state index contributed by atoms with van der Waals surface area (Å²) in [5, 5.41) is 11.4. The predicted molar refractivity (Wildman–Crippen MR) is 75.3 cm³/mol. The van der Waals surface area contributed by atoms with Gasteiger partial charge in [0, 0.05) is 25.2 Å². The van der Waals surface area contributed by atoms with Crippen molar-refractivity contribution in [1.82, 2.24) is 10.2 Å². The van der Waals surface area contributed by atoms with E-state index < -0.39 is 17.7 Å². The Kier molecular flexibility index (Phi) is 6.25. The Balaban J connectivity index is 2.76. The van der Waals surface area contributed by atoms with E-state index in [9.17, 15) is 13.6 Å². The summed E-state index contributed by atoms with van der Waals surface area (Å²) in [5.74, 6) is -1.70. The van der Waals surface area contributed by atoms with Gasteiger partial charge in [0.05, 0.1) is 17.7 Å². The third-order valence-electron chi connectivity index (χ3n) is 3.30. The molecule has 114 valence electrons. The highest BCUT2D eigenvalue weighted by Crippen LogP contribution is 2.15. The van der Waals surface area contributed by atoms with E-state index >= 15 is 0 Å². The van der Waals surface area contributed by atoms with Crippen LogP contribution >= 0.6 is 0 Å². The molecule has 4 nitrogen and oxygen atoms in total. The highest BCUT2D eigenvalue weighted by atomic mass is 19.1. The van der Waals surface area contributed by atoms with Crippen LogP contribution in [-0.2, 0) is 11.3 Å². The van der Waals surface area contributed by atoms with E-state index in [4.69, 9.17) is 5.26 Å². The van der Waals surface area contributed by atoms with E-state index in [0.717, 1.165) is 12.1 Å². The van der Waals surface area contributed by atoms with E-state index in [1.54, 1.807) is 17.9 Å². The van der Waals surface area contributed by atoms with Crippen molar-refractivity contribution in [2.75, 3.05) is 13.1 Å². The lowest BCUT2D eigenvalue weighted by molar-refractivity contribution is -0.132. The predicted octanol–water partition coefficient (Wildman–Crippen LogP) is 2.18. The van der Waals surface area contributed by atoms with Gasteiger partial charge in [0.15, 0.2) is 0 Å². The number of nitrogens with zero attached hydrogens (tertiary/aromatic N) is 2. The van der Waals surface area contributed by atoms with E-state index in [0.29, 0.717) is 13.1 Å². The second kappa shape index (κ2) is 7.70. The molecule has 21 heavy (non-hydrogen) atoms. The molecular formula is C15H19F2N3O. The molecule has 1 rings (SSSR count). The number of benzene rings is 1. The summed E-state index contributed by atoms with van der Waals surface area (Å²) in [6.07, 6.45) is 0. The fraction of sp³-hybridized carbons (Fsp3) is 0.467. The first kappa shape index (κ1) is 17.1. The zero-order valence-corrected chi connectivity index (χ0v) is 12.4. The quantitative estimate of drug-likeness (QED) is 0.875. The SMILES string of the molecule is CCN(CC)C(=O)C(C)NCc1c(F)cc(C#N)cc1F. The maximum atomic E-state index is 13.7. The summed E-state index contributed by atoms with van der Waals surface area (Å²) in [6.45, 7) is 6.45. The number of rotatable bonds is 6. The van der Waals surface area contributed by atoms with Gasteiger partial charge in [-0.25, -0.2) is 8.78 Å². The normalized spacial score (nSPS) is 11.8. The molecule has 1 amide bonds. The monoisotopic (exact) mass is 295 g/mol. The number of nitriles is 1. The molecule has 1 aromatic rings. The van der Waals surface area contributed by atoms with Crippen LogP contribution in [0, 0.1) is 23.0 Å². The lowest BCUT2D eigenvalue weighted by atomic mass is 10.1. The van der Waals surface area contributed by atoms with Gasteiger partial charge in [0.2, 0.25) is 5.91 Å². The molecule has 1 unspecified atom stereocenters. The number of halogens is 2. The number of nitrogens with one attached hydrogen (secondary N) is 1. The summed E-state index contributed by atoms with van der Waals surface area (Å²) in [7, 11) is 0. The van der Waals surface area contributed by atoms with Crippen LogP contribution in [0.3, 0.4) is 0 Å². The highest BCUT2D eigenvalue weighted by molar-refractivity contribution is 5.81. The fourth-order valence-electron chi connectivity index (χ4n) is 1.99. The first-order chi connectivity index (χ1) is 9.94. The van der Waals surface area contributed by atoms with Gasteiger partial charge in [-0.1, -0.05) is 0 Å². The van der Waals surface area contributed by atoms with Crippen LogP contribution in [-0.4, -0.2) is 29.9 Å². The molecule has 1 atom stereocenters. The molecule has 0 aromatic heterocycles. The first-order valence-electron chi connectivity index (χ1n) is 6.84. The zero-order valence-electron chi connectivity index (χ0n) is 12.4. The molecular weight excluding hydrogens is 276 g/mol. The number of carbonyl (C=O) groups excluding carboxylic acids is 1. The third-order valence-corrected chi connectivity index (χ3v) is 3.30. The van der Waals surface area contributed by atoms with Crippen molar-refractivity contribution < 1.29 is 13.6 Å². The van der Waals surface area contributed by atoms with Crippen molar-refractivity contribution >= 4 is 5.91 Å². The molecule has 0 saturated carbocycles. The van der Waals surface area contributed by atoms with Crippen molar-refractivity contribution in [2.24, 2.45) is 0 Å². The second-order valence-corrected chi connectivity index (χ2v) is 4.64. The minimum Gasteiger partial charge on any atom is -0.342 e. The van der Waals surface area contributed by atoms with Crippen molar-refractivity contribution in [3.8, 4) is 6.07 Å². The summed E-state index contributed by atoms with van der Waals surface area (Å²) in [4.78, 5) is 13.7. The van der Waals surface area contributed by atoms with Crippen LogP contribution in [0.2, 0.25) is 0 Å². The highest BCUT2D eigenvalue weighted by Gasteiger charge is 2.19. The molecule has 0 aliphatic carbocycles. The average Bonchev–Trinajstić information content (AvgIpc) is 2.46.